The fourth-order valence-electron chi connectivity index (χ4n) is 2.61. The predicted molar refractivity (Wildman–Crippen MR) is 95.5 cm³/mol. The highest BCUT2D eigenvalue weighted by atomic mass is 16.5. The van der Waals surface area contributed by atoms with Gasteiger partial charge in [-0.2, -0.15) is 0 Å². The summed E-state index contributed by atoms with van der Waals surface area (Å²) in [4.78, 5) is 23.6. The van der Waals surface area contributed by atoms with Crippen molar-refractivity contribution in [2.75, 3.05) is 0 Å². The standard InChI is InChI=1S/C21H24O3/c1-3-4-5-6-8-17-11-13-18(14-12-17)21(23)19-9-7-10-20(15-19)24-16(2)22/h7,9-15H,3-6,8H2,1-2H3. The monoisotopic (exact) mass is 324 g/mol. The molecule has 2 rings (SSSR count). The fourth-order valence-corrected chi connectivity index (χ4v) is 2.61. The zero-order valence-corrected chi connectivity index (χ0v) is 14.4. The van der Waals surface area contributed by atoms with Gasteiger partial charge in [0.2, 0.25) is 0 Å². The summed E-state index contributed by atoms with van der Waals surface area (Å²) in [5.74, 6) is -0.0746. The molecule has 126 valence electrons. The third-order valence-corrected chi connectivity index (χ3v) is 3.89. The fraction of sp³-hybridized carbons (Fsp3) is 0.333. The summed E-state index contributed by atoms with van der Waals surface area (Å²) < 4.78 is 5.03. The molecule has 0 radical (unpaired) electrons. The molecule has 0 heterocycles. The molecular weight excluding hydrogens is 300 g/mol. The Morgan fingerprint density at radius 1 is 0.917 bits per heavy atom. The molecule has 0 spiro atoms. The van der Waals surface area contributed by atoms with Crippen molar-refractivity contribution in [3.8, 4) is 5.75 Å². The maximum absolute atomic E-state index is 12.6. The number of aryl methyl sites for hydroxylation is 1. The molecule has 0 fully saturated rings. The van der Waals surface area contributed by atoms with Crippen molar-refractivity contribution < 1.29 is 14.3 Å². The summed E-state index contributed by atoms with van der Waals surface area (Å²) in [7, 11) is 0. The molecule has 24 heavy (non-hydrogen) atoms. The van der Waals surface area contributed by atoms with Crippen molar-refractivity contribution in [3.05, 3.63) is 65.2 Å². The molecule has 0 saturated carbocycles. The van der Waals surface area contributed by atoms with Crippen molar-refractivity contribution in [3.63, 3.8) is 0 Å². The van der Waals surface area contributed by atoms with Gasteiger partial charge in [0, 0.05) is 18.1 Å². The summed E-state index contributed by atoms with van der Waals surface area (Å²) in [5, 5.41) is 0. The summed E-state index contributed by atoms with van der Waals surface area (Å²) in [6.45, 7) is 3.55. The Morgan fingerprint density at radius 3 is 2.33 bits per heavy atom. The van der Waals surface area contributed by atoms with Gasteiger partial charge in [0.25, 0.3) is 0 Å². The molecule has 0 amide bonds. The van der Waals surface area contributed by atoms with E-state index in [4.69, 9.17) is 4.74 Å². The number of ether oxygens (including phenoxy) is 1. The second-order valence-corrected chi connectivity index (χ2v) is 5.96. The van der Waals surface area contributed by atoms with Gasteiger partial charge in [-0.05, 0) is 30.5 Å². The number of unbranched alkanes of at least 4 members (excludes halogenated alkanes) is 3. The van der Waals surface area contributed by atoms with Crippen molar-refractivity contribution in [2.45, 2.75) is 46.0 Å². The van der Waals surface area contributed by atoms with Gasteiger partial charge < -0.3 is 4.74 Å². The number of hydrogen-bond donors (Lipinski definition) is 0. The van der Waals surface area contributed by atoms with Gasteiger partial charge in [-0.25, -0.2) is 0 Å². The SMILES string of the molecule is CCCCCCc1ccc(C(=O)c2cccc(OC(C)=O)c2)cc1. The van der Waals surface area contributed by atoms with E-state index in [2.05, 4.69) is 6.92 Å². The van der Waals surface area contributed by atoms with Crippen molar-refractivity contribution in [1.29, 1.82) is 0 Å². The first-order chi connectivity index (χ1) is 11.6. The Balaban J connectivity index is 2.03. The Bertz CT molecular complexity index is 686. The lowest BCUT2D eigenvalue weighted by atomic mass is 10.00. The van der Waals surface area contributed by atoms with E-state index in [1.54, 1.807) is 24.3 Å². The van der Waals surface area contributed by atoms with E-state index in [0.717, 1.165) is 6.42 Å². The van der Waals surface area contributed by atoms with E-state index in [9.17, 15) is 9.59 Å². The average Bonchev–Trinajstić information content (AvgIpc) is 2.58. The largest absolute Gasteiger partial charge is 0.427 e. The molecule has 2 aromatic carbocycles. The first-order valence-electron chi connectivity index (χ1n) is 8.52. The number of ketones is 1. The van der Waals surface area contributed by atoms with Crippen LogP contribution in [-0.2, 0) is 11.2 Å². The molecule has 0 bridgehead atoms. The summed E-state index contributed by atoms with van der Waals surface area (Å²) in [6, 6.07) is 14.5. The quantitative estimate of drug-likeness (QED) is 0.298. The molecule has 0 unspecified atom stereocenters. The molecule has 0 aromatic heterocycles. The van der Waals surface area contributed by atoms with Gasteiger partial charge in [-0.1, -0.05) is 62.6 Å². The Labute approximate surface area is 143 Å². The van der Waals surface area contributed by atoms with Crippen molar-refractivity contribution >= 4 is 11.8 Å². The highest BCUT2D eigenvalue weighted by Gasteiger charge is 2.10. The summed E-state index contributed by atoms with van der Waals surface area (Å²) in [5.41, 5.74) is 2.42. The number of rotatable bonds is 8. The van der Waals surface area contributed by atoms with Crippen LogP contribution in [0.15, 0.2) is 48.5 Å². The van der Waals surface area contributed by atoms with Gasteiger partial charge in [0.05, 0.1) is 0 Å². The maximum atomic E-state index is 12.6. The second-order valence-electron chi connectivity index (χ2n) is 5.96. The van der Waals surface area contributed by atoms with Crippen LogP contribution in [0.2, 0.25) is 0 Å². The van der Waals surface area contributed by atoms with Gasteiger partial charge in [-0.15, -0.1) is 0 Å². The van der Waals surface area contributed by atoms with Crippen LogP contribution >= 0.6 is 0 Å². The van der Waals surface area contributed by atoms with Gasteiger partial charge in [-0.3, -0.25) is 9.59 Å². The van der Waals surface area contributed by atoms with Crippen LogP contribution in [0.3, 0.4) is 0 Å². The van der Waals surface area contributed by atoms with Gasteiger partial charge in [0.15, 0.2) is 5.78 Å². The van der Waals surface area contributed by atoms with E-state index in [0.29, 0.717) is 16.9 Å². The minimum Gasteiger partial charge on any atom is -0.427 e. The lowest BCUT2D eigenvalue weighted by Gasteiger charge is -2.06. The van der Waals surface area contributed by atoms with E-state index in [-0.39, 0.29) is 5.78 Å². The zero-order valence-electron chi connectivity index (χ0n) is 14.4. The third kappa shape index (κ3) is 5.34. The van der Waals surface area contributed by atoms with Crippen LogP contribution < -0.4 is 4.74 Å². The lowest BCUT2D eigenvalue weighted by molar-refractivity contribution is -0.131. The van der Waals surface area contributed by atoms with Gasteiger partial charge >= 0.3 is 5.97 Å². The smallest absolute Gasteiger partial charge is 0.308 e. The molecule has 3 nitrogen and oxygen atoms in total. The third-order valence-electron chi connectivity index (χ3n) is 3.89. The number of esters is 1. The van der Waals surface area contributed by atoms with E-state index < -0.39 is 5.97 Å². The number of benzene rings is 2. The topological polar surface area (TPSA) is 43.4 Å². The van der Waals surface area contributed by atoms with Gasteiger partial charge in [0.1, 0.15) is 5.75 Å². The minimum atomic E-state index is -0.396. The highest BCUT2D eigenvalue weighted by molar-refractivity contribution is 6.09. The lowest BCUT2D eigenvalue weighted by Crippen LogP contribution is -2.04. The normalized spacial score (nSPS) is 10.4. The van der Waals surface area contributed by atoms with Crippen LogP contribution in [0.4, 0.5) is 0 Å². The summed E-state index contributed by atoms with van der Waals surface area (Å²) in [6.07, 6.45) is 6.00. The molecule has 0 aliphatic heterocycles. The minimum absolute atomic E-state index is 0.0680. The van der Waals surface area contributed by atoms with E-state index >= 15 is 0 Å². The maximum Gasteiger partial charge on any atom is 0.308 e. The van der Waals surface area contributed by atoms with Crippen molar-refractivity contribution in [1.82, 2.24) is 0 Å². The highest BCUT2D eigenvalue weighted by Crippen LogP contribution is 2.18. The van der Waals surface area contributed by atoms with Crippen molar-refractivity contribution in [2.24, 2.45) is 0 Å². The molecule has 3 heteroatoms. The molecule has 0 aliphatic rings. The number of carbonyl (C=O) groups excluding carboxylic acids is 2. The predicted octanol–water partition coefficient (Wildman–Crippen LogP) is 4.97. The van der Waals surface area contributed by atoms with Crippen LogP contribution in [0.1, 0.15) is 61.0 Å². The first-order valence-corrected chi connectivity index (χ1v) is 8.52. The molecular formula is C21H24O3. The van der Waals surface area contributed by atoms with E-state index in [1.165, 1.54) is 38.2 Å². The molecule has 0 N–H and O–H groups in total. The zero-order chi connectivity index (χ0) is 17.4. The Kier molecular flexibility index (Phi) is 6.74. The van der Waals surface area contributed by atoms with E-state index in [1.807, 2.05) is 24.3 Å². The Morgan fingerprint density at radius 2 is 1.67 bits per heavy atom. The first kappa shape index (κ1) is 17.9. The summed E-state index contributed by atoms with van der Waals surface area (Å²) >= 11 is 0. The number of carbonyl (C=O) groups is 2. The van der Waals surface area contributed by atoms with Crippen LogP contribution in [0.5, 0.6) is 5.75 Å². The molecule has 0 saturated heterocycles. The average molecular weight is 324 g/mol. The molecule has 0 aliphatic carbocycles. The molecule has 0 atom stereocenters. The second kappa shape index (κ2) is 9.02. The van der Waals surface area contributed by atoms with Crippen LogP contribution in [0, 0.1) is 0 Å². The van der Waals surface area contributed by atoms with Crippen LogP contribution in [-0.4, -0.2) is 11.8 Å². The van der Waals surface area contributed by atoms with Crippen LogP contribution in [0.25, 0.3) is 0 Å². The Hall–Kier alpha value is -2.42. The number of hydrogen-bond acceptors (Lipinski definition) is 3. The molecule has 2 aromatic rings.